The minimum absolute atomic E-state index is 0.0255. The molecule has 1 unspecified atom stereocenters. The smallest absolute Gasteiger partial charge is 0.408 e. The van der Waals surface area contributed by atoms with E-state index >= 15 is 0 Å². The van der Waals surface area contributed by atoms with Crippen molar-refractivity contribution in [2.24, 2.45) is 11.1 Å². The second kappa shape index (κ2) is 14.2. The van der Waals surface area contributed by atoms with Crippen LogP contribution in [0.15, 0.2) is 65.8 Å². The molecule has 2 aromatic rings. The molecule has 3 atom stereocenters. The van der Waals surface area contributed by atoms with E-state index < -0.39 is 53.6 Å². The van der Waals surface area contributed by atoms with Gasteiger partial charge in [0.25, 0.3) is 5.91 Å². The van der Waals surface area contributed by atoms with Crippen molar-refractivity contribution in [3.05, 3.63) is 71.8 Å². The minimum atomic E-state index is -1.67. The second-order valence-corrected chi connectivity index (χ2v) is 11.7. The maximum atomic E-state index is 14.3. The third-order valence-electron chi connectivity index (χ3n) is 6.89. The standard InChI is InChI=1S/C32H41N3O8/c1-21(2)27(33-30(39)41-20-22-14-10-8-11-15-22)24-19-32(43-34-24,23-16-12-9-13-17-23)29(38)35(6)25(28(37)40-7)18-26(36)42-31(3,4)5/h8-17,21,25,27H,18-20H2,1-7H3,(H,33,39)/t25-,27-,32?/m0/s1. The van der Waals surface area contributed by atoms with Gasteiger partial charge in [-0.3, -0.25) is 9.59 Å². The van der Waals surface area contributed by atoms with Gasteiger partial charge in [0.1, 0.15) is 18.2 Å². The van der Waals surface area contributed by atoms with Crippen LogP contribution in [-0.4, -0.2) is 66.4 Å². The Kier molecular flexibility index (Phi) is 10.9. The van der Waals surface area contributed by atoms with Crippen molar-refractivity contribution in [3.63, 3.8) is 0 Å². The lowest BCUT2D eigenvalue weighted by Crippen LogP contribution is -2.53. The summed E-state index contributed by atoms with van der Waals surface area (Å²) in [5.74, 6) is -2.21. The Bertz CT molecular complexity index is 1310. The number of oxime groups is 1. The lowest BCUT2D eigenvalue weighted by Gasteiger charge is -2.34. The number of nitrogens with one attached hydrogen (secondary N) is 1. The molecule has 2 amide bonds. The van der Waals surface area contributed by atoms with Crippen LogP contribution < -0.4 is 5.32 Å². The second-order valence-electron chi connectivity index (χ2n) is 11.7. The number of alkyl carbamates (subject to hydrolysis) is 1. The first-order chi connectivity index (χ1) is 20.3. The molecule has 2 aromatic carbocycles. The summed E-state index contributed by atoms with van der Waals surface area (Å²) in [5.41, 5.74) is -0.721. The van der Waals surface area contributed by atoms with Gasteiger partial charge in [0.05, 0.1) is 25.3 Å². The molecule has 1 aliphatic heterocycles. The number of hydrogen-bond donors (Lipinski definition) is 1. The normalized spacial score (nSPS) is 17.6. The Balaban J connectivity index is 1.86. The molecule has 11 heteroatoms. The van der Waals surface area contributed by atoms with E-state index in [1.54, 1.807) is 51.1 Å². The molecule has 0 saturated heterocycles. The van der Waals surface area contributed by atoms with Crippen LogP contribution in [0.5, 0.6) is 0 Å². The highest BCUT2D eigenvalue weighted by Crippen LogP contribution is 2.39. The molecule has 1 heterocycles. The summed E-state index contributed by atoms with van der Waals surface area (Å²) in [7, 11) is 2.58. The summed E-state index contributed by atoms with van der Waals surface area (Å²) in [6.07, 6.45) is -1.09. The topological polar surface area (TPSA) is 133 Å². The number of esters is 2. The van der Waals surface area contributed by atoms with Crippen molar-refractivity contribution in [2.75, 3.05) is 14.2 Å². The first-order valence-corrected chi connectivity index (χ1v) is 14.1. The van der Waals surface area contributed by atoms with E-state index in [4.69, 9.17) is 19.0 Å². The fraction of sp³-hybridized carbons (Fsp3) is 0.469. The number of carbonyl (C=O) groups excluding carboxylic acids is 4. The van der Waals surface area contributed by atoms with Gasteiger partial charge in [-0.15, -0.1) is 0 Å². The number of carbonyl (C=O) groups is 4. The lowest BCUT2D eigenvalue weighted by molar-refractivity contribution is -0.169. The largest absolute Gasteiger partial charge is 0.467 e. The van der Waals surface area contributed by atoms with Gasteiger partial charge in [0.2, 0.25) is 5.60 Å². The average molecular weight is 596 g/mol. The summed E-state index contributed by atoms with van der Waals surface area (Å²) in [5, 5.41) is 7.14. The minimum Gasteiger partial charge on any atom is -0.467 e. The molecule has 3 rings (SSSR count). The van der Waals surface area contributed by atoms with Crippen LogP contribution in [0.25, 0.3) is 0 Å². The fourth-order valence-electron chi connectivity index (χ4n) is 4.73. The van der Waals surface area contributed by atoms with Gasteiger partial charge in [0.15, 0.2) is 0 Å². The predicted octanol–water partition coefficient (Wildman–Crippen LogP) is 4.34. The first-order valence-electron chi connectivity index (χ1n) is 14.1. The maximum absolute atomic E-state index is 14.3. The Morgan fingerprint density at radius 2 is 1.63 bits per heavy atom. The van der Waals surface area contributed by atoms with Crippen LogP contribution in [0, 0.1) is 5.92 Å². The van der Waals surface area contributed by atoms with E-state index in [1.165, 1.54) is 14.2 Å². The van der Waals surface area contributed by atoms with Crippen LogP contribution in [-0.2, 0) is 45.6 Å². The zero-order valence-corrected chi connectivity index (χ0v) is 25.8. The quantitative estimate of drug-likeness (QED) is 0.300. The molecule has 1 N–H and O–H groups in total. The molecule has 0 aliphatic carbocycles. The molecule has 0 bridgehead atoms. The number of ether oxygens (including phenoxy) is 3. The number of nitrogens with zero attached hydrogens (tertiary/aromatic N) is 2. The van der Waals surface area contributed by atoms with Gasteiger partial charge in [-0.25, -0.2) is 9.59 Å². The molecule has 11 nitrogen and oxygen atoms in total. The molecule has 232 valence electrons. The van der Waals surface area contributed by atoms with Gasteiger partial charge in [-0.05, 0) is 32.3 Å². The predicted molar refractivity (Wildman–Crippen MR) is 159 cm³/mol. The Labute approximate surface area is 252 Å². The summed E-state index contributed by atoms with van der Waals surface area (Å²) in [6, 6.07) is 16.1. The summed E-state index contributed by atoms with van der Waals surface area (Å²) < 4.78 is 15.7. The zero-order valence-electron chi connectivity index (χ0n) is 25.8. The van der Waals surface area contributed by atoms with Crippen LogP contribution in [0.4, 0.5) is 4.79 Å². The molecule has 43 heavy (non-hydrogen) atoms. The van der Waals surface area contributed by atoms with E-state index in [0.717, 1.165) is 10.5 Å². The van der Waals surface area contributed by atoms with Crippen LogP contribution >= 0.6 is 0 Å². The fourth-order valence-corrected chi connectivity index (χ4v) is 4.73. The van der Waals surface area contributed by atoms with E-state index in [-0.39, 0.29) is 18.9 Å². The van der Waals surface area contributed by atoms with Gasteiger partial charge < -0.3 is 29.3 Å². The molecule has 0 saturated carbocycles. The van der Waals surface area contributed by atoms with Crippen LogP contribution in [0.3, 0.4) is 0 Å². The molecular weight excluding hydrogens is 554 g/mol. The molecule has 0 aromatic heterocycles. The molecule has 0 spiro atoms. The van der Waals surface area contributed by atoms with Crippen molar-refractivity contribution >= 4 is 29.7 Å². The summed E-state index contributed by atoms with van der Waals surface area (Å²) in [6.45, 7) is 9.01. The number of benzene rings is 2. The van der Waals surface area contributed by atoms with Crippen molar-refractivity contribution in [2.45, 2.75) is 77.4 Å². The van der Waals surface area contributed by atoms with Crippen molar-refractivity contribution in [3.8, 4) is 0 Å². The molecule has 1 aliphatic rings. The highest BCUT2D eigenvalue weighted by atomic mass is 16.7. The van der Waals surface area contributed by atoms with Crippen molar-refractivity contribution in [1.82, 2.24) is 10.2 Å². The van der Waals surface area contributed by atoms with Crippen molar-refractivity contribution in [1.29, 1.82) is 0 Å². The third-order valence-corrected chi connectivity index (χ3v) is 6.89. The summed E-state index contributed by atoms with van der Waals surface area (Å²) in [4.78, 5) is 59.6. The van der Waals surface area contributed by atoms with Crippen molar-refractivity contribution < 1.29 is 38.2 Å². The first kappa shape index (κ1) is 33.1. The highest BCUT2D eigenvalue weighted by Gasteiger charge is 2.53. The number of hydrogen-bond acceptors (Lipinski definition) is 9. The molecule has 0 fully saturated rings. The maximum Gasteiger partial charge on any atom is 0.408 e. The SMILES string of the molecule is COC(=O)[C@H](CC(=O)OC(C)(C)C)N(C)C(=O)C1(c2ccccc2)CC([C@@H](NC(=O)OCc2ccccc2)C(C)C)=NO1. The van der Waals surface area contributed by atoms with Gasteiger partial charge in [0, 0.05) is 19.0 Å². The Morgan fingerprint density at radius 1 is 1.02 bits per heavy atom. The van der Waals surface area contributed by atoms with Gasteiger partial charge in [-0.2, -0.15) is 0 Å². The number of amides is 2. The van der Waals surface area contributed by atoms with Crippen LogP contribution in [0.1, 0.15) is 58.6 Å². The van der Waals surface area contributed by atoms with E-state index in [2.05, 4.69) is 10.5 Å². The number of likely N-dealkylation sites (N-methyl/N-ethyl adjacent to an activating group) is 1. The van der Waals surface area contributed by atoms with E-state index in [0.29, 0.717) is 11.3 Å². The highest BCUT2D eigenvalue weighted by molar-refractivity contribution is 6.01. The monoisotopic (exact) mass is 595 g/mol. The third kappa shape index (κ3) is 8.56. The van der Waals surface area contributed by atoms with Crippen LogP contribution in [0.2, 0.25) is 0 Å². The average Bonchev–Trinajstić information content (AvgIpc) is 3.42. The zero-order chi connectivity index (χ0) is 31.8. The van der Waals surface area contributed by atoms with E-state index in [9.17, 15) is 19.2 Å². The Hall–Kier alpha value is -4.41. The molecular formula is C32H41N3O8. The molecule has 0 radical (unpaired) electrons. The number of rotatable bonds is 11. The van der Waals surface area contributed by atoms with E-state index in [1.807, 2.05) is 44.2 Å². The van der Waals surface area contributed by atoms with Gasteiger partial charge in [-0.1, -0.05) is 79.7 Å². The number of methoxy groups -OCH3 is 1. The Morgan fingerprint density at radius 3 is 2.19 bits per heavy atom. The van der Waals surface area contributed by atoms with Gasteiger partial charge >= 0.3 is 18.0 Å². The lowest BCUT2D eigenvalue weighted by atomic mass is 9.83. The summed E-state index contributed by atoms with van der Waals surface area (Å²) >= 11 is 0.